The van der Waals surface area contributed by atoms with Crippen molar-refractivity contribution in [1.29, 1.82) is 0 Å². The molecule has 1 aromatic carbocycles. The summed E-state index contributed by atoms with van der Waals surface area (Å²) in [5, 5.41) is 2.54. The van der Waals surface area contributed by atoms with E-state index in [0.717, 1.165) is 0 Å². The summed E-state index contributed by atoms with van der Waals surface area (Å²) >= 11 is 4.81. The van der Waals surface area contributed by atoms with Crippen LogP contribution in [0.4, 0.5) is 0 Å². The molecule has 0 bridgehead atoms. The zero-order chi connectivity index (χ0) is 13.9. The van der Waals surface area contributed by atoms with Gasteiger partial charge in [-0.15, -0.1) is 0 Å². The Morgan fingerprint density at radius 1 is 1.11 bits per heavy atom. The molecule has 1 aromatic rings. The number of nitrogens with two attached hydrogens (primary N) is 2. The van der Waals surface area contributed by atoms with E-state index in [9.17, 15) is 9.59 Å². The van der Waals surface area contributed by atoms with Crippen molar-refractivity contribution in [3.8, 4) is 0 Å². The van der Waals surface area contributed by atoms with Gasteiger partial charge in [0.05, 0.1) is 0 Å². The van der Waals surface area contributed by atoms with Crippen LogP contribution in [0, 0.1) is 0 Å². The molecule has 18 heavy (non-hydrogen) atoms. The quantitative estimate of drug-likeness (QED) is 0.683. The van der Waals surface area contributed by atoms with E-state index in [0.29, 0.717) is 11.1 Å². The fourth-order valence-electron chi connectivity index (χ4n) is 1.20. The zero-order valence-electron chi connectivity index (χ0n) is 10.2. The third-order valence-electron chi connectivity index (χ3n) is 2.47. The Morgan fingerprint density at radius 3 is 1.94 bits per heavy atom. The molecular formula is C12H15N3O2S. The molecule has 0 heterocycles. The monoisotopic (exact) mass is 265 g/mol. The Bertz CT molecular complexity index is 495. The highest BCUT2D eigenvalue weighted by molar-refractivity contribution is 7.80. The van der Waals surface area contributed by atoms with Crippen molar-refractivity contribution in [3.63, 3.8) is 0 Å². The van der Waals surface area contributed by atoms with Gasteiger partial charge in [0.15, 0.2) is 0 Å². The van der Waals surface area contributed by atoms with Crippen molar-refractivity contribution >= 4 is 29.0 Å². The second-order valence-corrected chi connectivity index (χ2v) is 4.82. The second kappa shape index (κ2) is 5.14. The number of nitrogens with one attached hydrogen (secondary N) is 1. The van der Waals surface area contributed by atoms with Gasteiger partial charge in [-0.25, -0.2) is 0 Å². The molecule has 0 atom stereocenters. The maximum Gasteiger partial charge on any atom is 0.252 e. The molecule has 1 rings (SSSR count). The highest BCUT2D eigenvalue weighted by Crippen LogP contribution is 2.07. The lowest BCUT2D eigenvalue weighted by Gasteiger charge is -2.22. The van der Waals surface area contributed by atoms with Crippen LogP contribution in [0.5, 0.6) is 0 Å². The summed E-state index contributed by atoms with van der Waals surface area (Å²) in [6, 6.07) is 6.46. The average Bonchev–Trinajstić information content (AvgIpc) is 2.28. The van der Waals surface area contributed by atoms with Crippen molar-refractivity contribution < 1.29 is 9.59 Å². The summed E-state index contributed by atoms with van der Waals surface area (Å²) in [5.41, 5.74) is 10.6. The van der Waals surface area contributed by atoms with Crippen molar-refractivity contribution in [2.75, 3.05) is 0 Å². The smallest absolute Gasteiger partial charge is 0.252 e. The standard InChI is InChI=1S/C12H15N3O2S/c1-12(2,11(14)17)15-10(16)8-5-3-7(4-6-8)9(13)18/h3-6H,1-2H3,(H2,13,18)(H2,14,17)(H,15,16). The van der Waals surface area contributed by atoms with Gasteiger partial charge in [-0.05, 0) is 26.0 Å². The Morgan fingerprint density at radius 2 is 1.56 bits per heavy atom. The van der Waals surface area contributed by atoms with E-state index in [1.54, 1.807) is 24.3 Å². The van der Waals surface area contributed by atoms with Crippen molar-refractivity contribution in [3.05, 3.63) is 35.4 Å². The third kappa shape index (κ3) is 3.27. The molecule has 0 aliphatic rings. The number of hydrogen-bond acceptors (Lipinski definition) is 3. The lowest BCUT2D eigenvalue weighted by atomic mass is 10.0. The van der Waals surface area contributed by atoms with Gasteiger partial charge in [0.25, 0.3) is 5.91 Å². The molecule has 0 unspecified atom stereocenters. The van der Waals surface area contributed by atoms with E-state index in [4.69, 9.17) is 23.7 Å². The molecule has 0 saturated carbocycles. The van der Waals surface area contributed by atoms with Crippen LogP contribution in [0.25, 0.3) is 0 Å². The van der Waals surface area contributed by atoms with Gasteiger partial charge in [-0.1, -0.05) is 24.4 Å². The Balaban J connectivity index is 2.86. The maximum atomic E-state index is 11.9. The highest BCUT2D eigenvalue weighted by atomic mass is 32.1. The molecule has 0 aliphatic heterocycles. The van der Waals surface area contributed by atoms with Crippen molar-refractivity contribution in [2.45, 2.75) is 19.4 Å². The number of amides is 2. The van der Waals surface area contributed by atoms with Crippen molar-refractivity contribution in [1.82, 2.24) is 5.32 Å². The molecule has 0 aromatic heterocycles. The van der Waals surface area contributed by atoms with Gasteiger partial charge in [-0.2, -0.15) is 0 Å². The second-order valence-electron chi connectivity index (χ2n) is 4.38. The highest BCUT2D eigenvalue weighted by Gasteiger charge is 2.27. The summed E-state index contributed by atoms with van der Waals surface area (Å²) in [6.45, 7) is 3.08. The molecular weight excluding hydrogens is 250 g/mol. The summed E-state index contributed by atoms with van der Waals surface area (Å²) in [4.78, 5) is 23.2. The molecule has 96 valence electrons. The molecule has 0 saturated heterocycles. The molecule has 5 nitrogen and oxygen atoms in total. The normalized spacial score (nSPS) is 10.8. The Hall–Kier alpha value is -1.95. The number of carbonyl (C=O) groups excluding carboxylic acids is 2. The predicted molar refractivity (Wildman–Crippen MR) is 73.1 cm³/mol. The van der Waals surface area contributed by atoms with Crippen LogP contribution in [0.2, 0.25) is 0 Å². The molecule has 6 heteroatoms. The molecule has 0 radical (unpaired) electrons. The van der Waals surface area contributed by atoms with Crippen LogP contribution in [0.1, 0.15) is 29.8 Å². The largest absolute Gasteiger partial charge is 0.389 e. The fourth-order valence-corrected chi connectivity index (χ4v) is 1.34. The van der Waals surface area contributed by atoms with Gasteiger partial charge in [0, 0.05) is 11.1 Å². The summed E-state index contributed by atoms with van der Waals surface area (Å²) in [6.07, 6.45) is 0. The van der Waals surface area contributed by atoms with Gasteiger partial charge in [-0.3, -0.25) is 9.59 Å². The van der Waals surface area contributed by atoms with Crippen LogP contribution in [-0.2, 0) is 4.79 Å². The molecule has 5 N–H and O–H groups in total. The van der Waals surface area contributed by atoms with E-state index in [-0.39, 0.29) is 10.9 Å². The van der Waals surface area contributed by atoms with Gasteiger partial charge < -0.3 is 16.8 Å². The minimum atomic E-state index is -1.10. The molecule has 2 amide bonds. The van der Waals surface area contributed by atoms with Crippen LogP contribution in [-0.4, -0.2) is 22.3 Å². The van der Waals surface area contributed by atoms with E-state index in [1.807, 2.05) is 0 Å². The van der Waals surface area contributed by atoms with Gasteiger partial charge in [0.2, 0.25) is 5.91 Å². The van der Waals surface area contributed by atoms with E-state index in [2.05, 4.69) is 5.32 Å². The maximum absolute atomic E-state index is 11.9. The topological polar surface area (TPSA) is 98.2 Å². The molecule has 0 aliphatic carbocycles. The molecule has 0 spiro atoms. The zero-order valence-corrected chi connectivity index (χ0v) is 11.0. The first-order chi connectivity index (χ1) is 8.24. The van der Waals surface area contributed by atoms with Crippen LogP contribution >= 0.6 is 12.2 Å². The Labute approximate surface area is 111 Å². The van der Waals surface area contributed by atoms with Gasteiger partial charge >= 0.3 is 0 Å². The van der Waals surface area contributed by atoms with E-state index < -0.39 is 11.4 Å². The number of hydrogen-bond donors (Lipinski definition) is 3. The lowest BCUT2D eigenvalue weighted by molar-refractivity contribution is -0.122. The predicted octanol–water partition coefficient (Wildman–Crippen LogP) is 0.314. The first-order valence-corrected chi connectivity index (χ1v) is 5.67. The number of thiocarbonyl (C=S) groups is 1. The number of primary amides is 1. The minimum absolute atomic E-state index is 0.263. The van der Waals surface area contributed by atoms with E-state index >= 15 is 0 Å². The van der Waals surface area contributed by atoms with Crippen LogP contribution in [0.3, 0.4) is 0 Å². The minimum Gasteiger partial charge on any atom is -0.389 e. The number of carbonyl (C=O) groups is 2. The van der Waals surface area contributed by atoms with E-state index in [1.165, 1.54) is 13.8 Å². The third-order valence-corrected chi connectivity index (χ3v) is 2.71. The van der Waals surface area contributed by atoms with Gasteiger partial charge in [0.1, 0.15) is 10.5 Å². The van der Waals surface area contributed by atoms with Crippen molar-refractivity contribution in [2.24, 2.45) is 11.5 Å². The SMILES string of the molecule is CC(C)(NC(=O)c1ccc(C(N)=S)cc1)C(N)=O. The van der Waals surface area contributed by atoms with Crippen LogP contribution in [0.15, 0.2) is 24.3 Å². The summed E-state index contributed by atoms with van der Waals surface area (Å²) in [5.74, 6) is -0.983. The summed E-state index contributed by atoms with van der Waals surface area (Å²) in [7, 11) is 0. The van der Waals surface area contributed by atoms with Crippen LogP contribution < -0.4 is 16.8 Å². The fraction of sp³-hybridized carbons (Fsp3) is 0.250. The lowest BCUT2D eigenvalue weighted by Crippen LogP contribution is -2.53. The number of benzene rings is 1. The average molecular weight is 265 g/mol. The Kier molecular flexibility index (Phi) is 4.03. The summed E-state index contributed by atoms with van der Waals surface area (Å²) < 4.78 is 0. The molecule has 0 fully saturated rings. The first-order valence-electron chi connectivity index (χ1n) is 5.26. The number of rotatable bonds is 4. The first kappa shape index (κ1) is 14.1.